The van der Waals surface area contributed by atoms with E-state index in [9.17, 15) is 0 Å². The molecule has 0 N–H and O–H groups in total. The van der Waals surface area contributed by atoms with Crippen LogP contribution in [-0.2, 0) is 6.61 Å². The third-order valence-corrected chi connectivity index (χ3v) is 4.18. The molecule has 0 spiro atoms. The van der Waals surface area contributed by atoms with Crippen molar-refractivity contribution in [1.82, 2.24) is 19.7 Å². The SMILES string of the molecule is C=Cn1cnc2cc(OCc3cc4c(nn3)Oc3ccccc3O4)ccc21. The molecule has 0 saturated heterocycles. The summed E-state index contributed by atoms with van der Waals surface area (Å²) in [7, 11) is 0. The Hall–Kier alpha value is -3.87. The molecule has 4 aromatic rings. The number of nitrogens with zero attached hydrogens (tertiary/aromatic N) is 4. The summed E-state index contributed by atoms with van der Waals surface area (Å²) in [6.45, 7) is 4.00. The van der Waals surface area contributed by atoms with E-state index in [2.05, 4.69) is 21.8 Å². The lowest BCUT2D eigenvalue weighted by Gasteiger charge is -2.19. The van der Waals surface area contributed by atoms with Gasteiger partial charge in [0.05, 0.1) is 17.4 Å². The van der Waals surface area contributed by atoms with E-state index < -0.39 is 0 Å². The molecule has 1 aliphatic rings. The average Bonchev–Trinajstić information content (AvgIpc) is 3.13. The number of rotatable bonds is 4. The van der Waals surface area contributed by atoms with Gasteiger partial charge < -0.3 is 18.8 Å². The third kappa shape index (κ3) is 2.75. The lowest BCUT2D eigenvalue weighted by atomic mass is 10.3. The first-order valence-corrected chi connectivity index (χ1v) is 8.33. The first-order chi connectivity index (χ1) is 13.3. The largest absolute Gasteiger partial charge is 0.487 e. The minimum atomic E-state index is 0.249. The fraction of sp³-hybridized carbons (Fsp3) is 0.0500. The number of aromatic nitrogens is 4. The standard InChI is InChI=1S/C20H14N4O3/c1-2-24-12-21-15-10-14(7-8-16(15)24)25-11-13-9-19-20(23-22-13)27-18-6-4-3-5-17(18)26-19/h2-10,12H,1,11H2. The Labute approximate surface area is 154 Å². The molecule has 0 unspecified atom stereocenters. The number of hydrogen-bond acceptors (Lipinski definition) is 6. The fourth-order valence-corrected chi connectivity index (χ4v) is 2.86. The van der Waals surface area contributed by atoms with Gasteiger partial charge in [-0.2, -0.15) is 0 Å². The summed E-state index contributed by atoms with van der Waals surface area (Å²) >= 11 is 0. The maximum atomic E-state index is 5.84. The molecule has 2 aromatic heterocycles. The normalized spacial score (nSPS) is 11.9. The van der Waals surface area contributed by atoms with Gasteiger partial charge in [-0.1, -0.05) is 18.7 Å². The van der Waals surface area contributed by atoms with Gasteiger partial charge in [-0.15, -0.1) is 10.2 Å². The van der Waals surface area contributed by atoms with Gasteiger partial charge in [0.25, 0.3) is 5.88 Å². The van der Waals surface area contributed by atoms with E-state index in [4.69, 9.17) is 14.2 Å². The molecule has 0 atom stereocenters. The lowest BCUT2D eigenvalue weighted by molar-refractivity contribution is 0.294. The van der Waals surface area contributed by atoms with Gasteiger partial charge in [-0.3, -0.25) is 0 Å². The fourth-order valence-electron chi connectivity index (χ4n) is 2.86. The van der Waals surface area contributed by atoms with E-state index in [1.807, 2.05) is 47.0 Å². The predicted molar refractivity (Wildman–Crippen MR) is 99.1 cm³/mol. The topological polar surface area (TPSA) is 71.3 Å². The highest BCUT2D eigenvalue weighted by molar-refractivity contribution is 5.78. The van der Waals surface area contributed by atoms with Crippen molar-refractivity contribution in [3.8, 4) is 28.9 Å². The molecule has 27 heavy (non-hydrogen) atoms. The molecule has 7 heteroatoms. The summed E-state index contributed by atoms with van der Waals surface area (Å²) in [5.74, 6) is 2.82. The average molecular weight is 358 g/mol. The highest BCUT2D eigenvalue weighted by atomic mass is 16.6. The van der Waals surface area contributed by atoms with Crippen molar-refractivity contribution in [2.24, 2.45) is 0 Å². The maximum Gasteiger partial charge on any atom is 0.282 e. The van der Waals surface area contributed by atoms with E-state index in [0.717, 1.165) is 11.0 Å². The van der Waals surface area contributed by atoms with Gasteiger partial charge in [0.1, 0.15) is 18.1 Å². The summed E-state index contributed by atoms with van der Waals surface area (Å²) in [6, 6.07) is 14.9. The Morgan fingerprint density at radius 3 is 2.70 bits per heavy atom. The highest BCUT2D eigenvalue weighted by Gasteiger charge is 2.20. The number of benzene rings is 2. The Morgan fingerprint density at radius 1 is 1.00 bits per heavy atom. The zero-order chi connectivity index (χ0) is 18.2. The molecule has 2 aromatic carbocycles. The number of ether oxygens (including phenoxy) is 3. The van der Waals surface area contributed by atoms with Gasteiger partial charge in [-0.25, -0.2) is 4.98 Å². The van der Waals surface area contributed by atoms with Crippen LogP contribution in [0.3, 0.4) is 0 Å². The van der Waals surface area contributed by atoms with Gasteiger partial charge in [0.2, 0.25) is 0 Å². The molecule has 0 saturated carbocycles. The molecule has 0 bridgehead atoms. The van der Waals surface area contributed by atoms with Crippen molar-refractivity contribution >= 4 is 17.2 Å². The monoisotopic (exact) mass is 358 g/mol. The summed E-state index contributed by atoms with van der Waals surface area (Å²) < 4.78 is 19.2. The lowest BCUT2D eigenvalue weighted by Crippen LogP contribution is -2.05. The molecule has 132 valence electrons. The molecule has 7 nitrogen and oxygen atoms in total. The zero-order valence-corrected chi connectivity index (χ0v) is 14.2. The first kappa shape index (κ1) is 15.4. The summed E-state index contributed by atoms with van der Waals surface area (Å²) in [5.41, 5.74) is 2.43. The summed E-state index contributed by atoms with van der Waals surface area (Å²) in [4.78, 5) is 4.33. The minimum Gasteiger partial charge on any atom is -0.487 e. The quantitative estimate of drug-likeness (QED) is 0.474. The van der Waals surface area contributed by atoms with Crippen molar-refractivity contribution in [3.63, 3.8) is 0 Å². The van der Waals surface area contributed by atoms with E-state index in [-0.39, 0.29) is 6.61 Å². The smallest absolute Gasteiger partial charge is 0.282 e. The van der Waals surface area contributed by atoms with Crippen LogP contribution in [0.4, 0.5) is 0 Å². The van der Waals surface area contributed by atoms with Crippen molar-refractivity contribution in [3.05, 3.63) is 67.1 Å². The van der Waals surface area contributed by atoms with Crippen molar-refractivity contribution in [2.75, 3.05) is 0 Å². The molecule has 5 rings (SSSR count). The van der Waals surface area contributed by atoms with Gasteiger partial charge >= 0.3 is 0 Å². The second-order valence-electron chi connectivity index (χ2n) is 5.93. The van der Waals surface area contributed by atoms with Crippen LogP contribution in [0.1, 0.15) is 5.69 Å². The van der Waals surface area contributed by atoms with Crippen LogP contribution in [0.25, 0.3) is 17.2 Å². The van der Waals surface area contributed by atoms with Gasteiger partial charge in [-0.05, 0) is 24.3 Å². The molecular weight excluding hydrogens is 344 g/mol. The third-order valence-electron chi connectivity index (χ3n) is 4.18. The molecular formula is C20H14N4O3. The highest BCUT2D eigenvalue weighted by Crippen LogP contribution is 2.43. The van der Waals surface area contributed by atoms with Crippen molar-refractivity contribution < 1.29 is 14.2 Å². The molecule has 3 heterocycles. The first-order valence-electron chi connectivity index (χ1n) is 8.33. The number of fused-ring (bicyclic) bond motifs is 3. The van der Waals surface area contributed by atoms with Crippen LogP contribution in [0.2, 0.25) is 0 Å². The van der Waals surface area contributed by atoms with Crippen molar-refractivity contribution in [1.29, 1.82) is 0 Å². The van der Waals surface area contributed by atoms with Crippen LogP contribution in [0.15, 0.2) is 61.4 Å². The van der Waals surface area contributed by atoms with Crippen LogP contribution in [-0.4, -0.2) is 19.7 Å². The van der Waals surface area contributed by atoms with E-state index >= 15 is 0 Å². The van der Waals surface area contributed by atoms with Crippen LogP contribution in [0, 0.1) is 0 Å². The molecule has 0 radical (unpaired) electrons. The van der Waals surface area contributed by atoms with E-state index in [1.165, 1.54) is 0 Å². The minimum absolute atomic E-state index is 0.249. The zero-order valence-electron chi connectivity index (χ0n) is 14.2. The Kier molecular flexibility index (Phi) is 3.50. The predicted octanol–water partition coefficient (Wildman–Crippen LogP) is 4.40. The van der Waals surface area contributed by atoms with Crippen LogP contribution in [0.5, 0.6) is 28.9 Å². The summed E-state index contributed by atoms with van der Waals surface area (Å²) in [5, 5.41) is 8.24. The second-order valence-corrected chi connectivity index (χ2v) is 5.93. The molecule has 0 aliphatic carbocycles. The number of hydrogen-bond donors (Lipinski definition) is 0. The Bertz CT molecular complexity index is 1170. The van der Waals surface area contributed by atoms with E-state index in [1.54, 1.807) is 18.6 Å². The Balaban J connectivity index is 1.34. The van der Waals surface area contributed by atoms with E-state index in [0.29, 0.717) is 34.6 Å². The number of imidazole rings is 1. The number of para-hydroxylation sites is 2. The van der Waals surface area contributed by atoms with Gasteiger partial charge in [0.15, 0.2) is 17.2 Å². The summed E-state index contributed by atoms with van der Waals surface area (Å²) in [6.07, 6.45) is 3.42. The van der Waals surface area contributed by atoms with Crippen LogP contribution < -0.4 is 14.2 Å². The van der Waals surface area contributed by atoms with Crippen LogP contribution >= 0.6 is 0 Å². The molecule has 0 amide bonds. The van der Waals surface area contributed by atoms with Gasteiger partial charge in [0, 0.05) is 18.3 Å². The Morgan fingerprint density at radius 2 is 1.85 bits per heavy atom. The van der Waals surface area contributed by atoms with Crippen molar-refractivity contribution in [2.45, 2.75) is 6.61 Å². The second kappa shape index (κ2) is 6.14. The molecule has 0 fully saturated rings. The molecule has 1 aliphatic heterocycles. The maximum absolute atomic E-state index is 5.84.